The van der Waals surface area contributed by atoms with E-state index in [1.54, 1.807) is 17.6 Å². The predicted molar refractivity (Wildman–Crippen MR) is 105 cm³/mol. The molecule has 0 aliphatic heterocycles. The van der Waals surface area contributed by atoms with Gasteiger partial charge in [0.1, 0.15) is 0 Å². The first kappa shape index (κ1) is 17.5. The molecule has 2 heterocycles. The van der Waals surface area contributed by atoms with Gasteiger partial charge < -0.3 is 4.52 Å². The summed E-state index contributed by atoms with van der Waals surface area (Å²) in [7, 11) is 0. The van der Waals surface area contributed by atoms with Crippen LogP contribution < -0.4 is 5.56 Å². The van der Waals surface area contributed by atoms with Crippen LogP contribution in [0.2, 0.25) is 0 Å². The molecule has 0 amide bonds. The van der Waals surface area contributed by atoms with Crippen LogP contribution in [-0.2, 0) is 5.75 Å². The van der Waals surface area contributed by atoms with Crippen LogP contribution in [-0.4, -0.2) is 19.7 Å². The highest BCUT2D eigenvalue weighted by atomic mass is 32.2. The Morgan fingerprint density at radius 3 is 2.63 bits per heavy atom. The normalized spacial score (nSPS) is 11.2. The van der Waals surface area contributed by atoms with E-state index in [2.05, 4.69) is 16.2 Å². The number of nitrogens with zero attached hydrogens (tertiary/aromatic N) is 4. The molecule has 0 aliphatic carbocycles. The zero-order valence-electron chi connectivity index (χ0n) is 15.3. The zero-order valence-corrected chi connectivity index (χ0v) is 16.1. The molecule has 27 heavy (non-hydrogen) atoms. The van der Waals surface area contributed by atoms with Gasteiger partial charge in [-0.2, -0.15) is 4.98 Å². The van der Waals surface area contributed by atoms with Crippen LogP contribution >= 0.6 is 11.8 Å². The van der Waals surface area contributed by atoms with Gasteiger partial charge in [-0.1, -0.05) is 46.7 Å². The van der Waals surface area contributed by atoms with Crippen LogP contribution in [0.4, 0.5) is 0 Å². The molecule has 0 saturated heterocycles. The van der Waals surface area contributed by atoms with Crippen molar-refractivity contribution in [3.05, 3.63) is 75.7 Å². The summed E-state index contributed by atoms with van der Waals surface area (Å²) in [5.74, 6) is 1.53. The molecule has 4 aromatic rings. The van der Waals surface area contributed by atoms with Crippen LogP contribution in [0.25, 0.3) is 16.6 Å². The van der Waals surface area contributed by atoms with Crippen molar-refractivity contribution in [1.82, 2.24) is 19.7 Å². The van der Waals surface area contributed by atoms with Crippen molar-refractivity contribution in [3.8, 4) is 5.69 Å². The topological polar surface area (TPSA) is 73.8 Å². The molecule has 0 atom stereocenters. The van der Waals surface area contributed by atoms with Gasteiger partial charge >= 0.3 is 0 Å². The summed E-state index contributed by atoms with van der Waals surface area (Å²) in [4.78, 5) is 22.2. The molecule has 4 rings (SSSR count). The molecule has 136 valence electrons. The van der Waals surface area contributed by atoms with E-state index in [1.807, 2.05) is 44.2 Å². The summed E-state index contributed by atoms with van der Waals surface area (Å²) in [6.45, 7) is 5.81. The fourth-order valence-corrected chi connectivity index (χ4v) is 3.85. The number of fused-ring (bicyclic) bond motifs is 1. The van der Waals surface area contributed by atoms with Crippen LogP contribution in [0.5, 0.6) is 0 Å². The van der Waals surface area contributed by atoms with Crippen molar-refractivity contribution in [2.75, 3.05) is 0 Å². The number of para-hydroxylation sites is 1. The van der Waals surface area contributed by atoms with E-state index in [0.717, 1.165) is 16.8 Å². The smallest absolute Gasteiger partial charge is 0.266 e. The second kappa shape index (κ2) is 7.00. The summed E-state index contributed by atoms with van der Waals surface area (Å²) in [5.41, 5.74) is 3.58. The number of thioether (sulfide) groups is 1. The van der Waals surface area contributed by atoms with E-state index in [1.165, 1.54) is 11.8 Å². The van der Waals surface area contributed by atoms with Crippen molar-refractivity contribution in [2.45, 2.75) is 31.7 Å². The second-order valence-electron chi connectivity index (χ2n) is 6.37. The highest BCUT2D eigenvalue weighted by molar-refractivity contribution is 7.98. The maximum absolute atomic E-state index is 13.3. The molecular formula is C20H18N4O2S. The number of rotatable bonds is 4. The maximum atomic E-state index is 13.3. The van der Waals surface area contributed by atoms with Crippen LogP contribution in [0.15, 0.2) is 56.9 Å². The summed E-state index contributed by atoms with van der Waals surface area (Å²) < 4.78 is 6.86. The minimum Gasteiger partial charge on any atom is -0.338 e. The van der Waals surface area contributed by atoms with Crippen molar-refractivity contribution in [2.24, 2.45) is 0 Å². The van der Waals surface area contributed by atoms with E-state index in [9.17, 15) is 4.79 Å². The first-order chi connectivity index (χ1) is 13.0. The Morgan fingerprint density at radius 2 is 1.89 bits per heavy atom. The molecule has 0 radical (unpaired) electrons. The molecule has 6 nitrogen and oxygen atoms in total. The highest BCUT2D eigenvalue weighted by Gasteiger charge is 2.16. The average Bonchev–Trinajstić information content (AvgIpc) is 3.06. The lowest BCUT2D eigenvalue weighted by molar-refractivity contribution is 0.387. The zero-order chi connectivity index (χ0) is 19.0. The van der Waals surface area contributed by atoms with Crippen LogP contribution in [0.1, 0.15) is 22.8 Å². The van der Waals surface area contributed by atoms with Gasteiger partial charge in [0.2, 0.25) is 5.89 Å². The summed E-state index contributed by atoms with van der Waals surface area (Å²) >= 11 is 1.41. The minimum absolute atomic E-state index is 0.0863. The van der Waals surface area contributed by atoms with Gasteiger partial charge in [-0.15, -0.1) is 0 Å². The van der Waals surface area contributed by atoms with Gasteiger partial charge in [0.05, 0.1) is 22.3 Å². The third kappa shape index (κ3) is 3.38. The Labute approximate surface area is 160 Å². The maximum Gasteiger partial charge on any atom is 0.266 e. The third-order valence-electron chi connectivity index (χ3n) is 4.23. The highest BCUT2D eigenvalue weighted by Crippen LogP contribution is 2.25. The van der Waals surface area contributed by atoms with E-state index in [0.29, 0.717) is 33.5 Å². The molecule has 7 heteroatoms. The van der Waals surface area contributed by atoms with Gasteiger partial charge in [-0.05, 0) is 44.5 Å². The Balaban J connectivity index is 1.88. The minimum atomic E-state index is -0.0863. The molecule has 0 saturated carbocycles. The van der Waals surface area contributed by atoms with Gasteiger partial charge in [0.15, 0.2) is 11.0 Å². The quantitative estimate of drug-likeness (QED) is 0.395. The molecule has 0 fully saturated rings. The van der Waals surface area contributed by atoms with Gasteiger partial charge in [0, 0.05) is 0 Å². The van der Waals surface area contributed by atoms with Gasteiger partial charge in [-0.25, -0.2) is 4.98 Å². The van der Waals surface area contributed by atoms with Crippen molar-refractivity contribution in [1.29, 1.82) is 0 Å². The molecule has 0 spiro atoms. The largest absolute Gasteiger partial charge is 0.338 e. The van der Waals surface area contributed by atoms with Crippen LogP contribution in [0.3, 0.4) is 0 Å². The molecule has 0 aliphatic rings. The first-order valence-corrected chi connectivity index (χ1v) is 9.53. The number of benzene rings is 2. The molecule has 0 unspecified atom stereocenters. The molecular weight excluding hydrogens is 360 g/mol. The van der Waals surface area contributed by atoms with Crippen molar-refractivity contribution < 1.29 is 4.52 Å². The number of hydrogen-bond donors (Lipinski definition) is 0. The second-order valence-corrected chi connectivity index (χ2v) is 7.31. The summed E-state index contributed by atoms with van der Waals surface area (Å²) in [6.07, 6.45) is 0. The Morgan fingerprint density at radius 1 is 1.07 bits per heavy atom. The predicted octanol–water partition coefficient (Wildman–Crippen LogP) is 3.99. The summed E-state index contributed by atoms with van der Waals surface area (Å²) in [5, 5.41) is 5.00. The lowest BCUT2D eigenvalue weighted by Gasteiger charge is -2.15. The fraction of sp³-hybridized carbons (Fsp3) is 0.200. The third-order valence-corrected chi connectivity index (χ3v) is 5.16. The number of hydrogen-bond acceptors (Lipinski definition) is 6. The average molecular weight is 378 g/mol. The molecule has 0 N–H and O–H groups in total. The Bertz CT molecular complexity index is 1200. The molecule has 2 aromatic heterocycles. The fourth-order valence-electron chi connectivity index (χ4n) is 3.00. The van der Waals surface area contributed by atoms with E-state index >= 15 is 0 Å². The van der Waals surface area contributed by atoms with Crippen molar-refractivity contribution >= 4 is 22.7 Å². The van der Waals surface area contributed by atoms with Gasteiger partial charge in [0.25, 0.3) is 5.56 Å². The SMILES string of the molecule is Cc1ccc(-n2c(SCc3nc(C)no3)nc3ccccc3c2=O)c(C)c1. The monoisotopic (exact) mass is 378 g/mol. The summed E-state index contributed by atoms with van der Waals surface area (Å²) in [6, 6.07) is 13.4. The molecule has 0 bridgehead atoms. The molecule has 2 aromatic carbocycles. The first-order valence-electron chi connectivity index (χ1n) is 8.54. The van der Waals surface area contributed by atoms with E-state index < -0.39 is 0 Å². The standard InChI is InChI=1S/C20H18N4O2S/c1-12-8-9-17(13(2)10-12)24-19(25)15-6-4-5-7-16(15)22-20(24)27-11-18-21-14(3)23-26-18/h4-10H,11H2,1-3H3. The number of aromatic nitrogens is 4. The van der Waals surface area contributed by atoms with E-state index in [4.69, 9.17) is 9.51 Å². The van der Waals surface area contributed by atoms with Gasteiger partial charge in [-0.3, -0.25) is 9.36 Å². The number of aryl methyl sites for hydroxylation is 3. The Kier molecular flexibility index (Phi) is 4.53. The van der Waals surface area contributed by atoms with E-state index in [-0.39, 0.29) is 5.56 Å². The Hall–Kier alpha value is -2.93. The lowest BCUT2D eigenvalue weighted by Crippen LogP contribution is -2.22. The lowest BCUT2D eigenvalue weighted by atomic mass is 10.1. The van der Waals surface area contributed by atoms with Crippen LogP contribution in [0, 0.1) is 20.8 Å². The van der Waals surface area contributed by atoms with Crippen molar-refractivity contribution in [3.63, 3.8) is 0 Å².